The van der Waals surface area contributed by atoms with Gasteiger partial charge in [-0.25, -0.2) is 0 Å². The van der Waals surface area contributed by atoms with Crippen molar-refractivity contribution in [3.05, 3.63) is 100 Å². The van der Waals surface area contributed by atoms with E-state index in [1.54, 1.807) is 30.3 Å². The second kappa shape index (κ2) is 9.47. The summed E-state index contributed by atoms with van der Waals surface area (Å²) in [5, 5.41) is 8.43. The highest BCUT2D eigenvalue weighted by Gasteiger charge is 2.17. The van der Waals surface area contributed by atoms with Crippen LogP contribution < -0.4 is 15.8 Å². The van der Waals surface area contributed by atoms with Crippen molar-refractivity contribution < 1.29 is 4.79 Å². The highest BCUT2D eigenvalue weighted by atomic mass is 16.2. The number of nitrogens with one attached hydrogen (secondary N) is 1. The number of rotatable bonds is 7. The molecule has 0 bridgehead atoms. The molecule has 0 unspecified atom stereocenters. The number of hydrogen-bond acceptors (Lipinski definition) is 4. The summed E-state index contributed by atoms with van der Waals surface area (Å²) in [4.78, 5) is 28.3. The molecule has 4 rings (SSSR count). The van der Waals surface area contributed by atoms with Gasteiger partial charge in [-0.3, -0.25) is 9.59 Å². The molecule has 1 heterocycles. The van der Waals surface area contributed by atoms with E-state index in [0.29, 0.717) is 29.5 Å². The Morgan fingerprint density at radius 3 is 2.41 bits per heavy atom. The number of hydrogen-bond donors (Lipinski definition) is 1. The Morgan fingerprint density at radius 1 is 0.969 bits per heavy atom. The molecule has 0 spiro atoms. The number of amides is 1. The Bertz CT molecular complexity index is 1300. The Kier molecular flexibility index (Phi) is 6.31. The minimum absolute atomic E-state index is 0.239. The fourth-order valence-electron chi connectivity index (χ4n) is 3.78. The average Bonchev–Trinajstić information content (AvgIpc) is 2.82. The molecular weight excluding hydrogens is 400 g/mol. The van der Waals surface area contributed by atoms with Gasteiger partial charge >= 0.3 is 0 Å². The van der Waals surface area contributed by atoms with Crippen molar-refractivity contribution in [2.45, 2.75) is 13.8 Å². The number of carbonyl (C=O) groups is 1. The molecule has 6 nitrogen and oxygen atoms in total. The molecule has 0 aliphatic heterocycles. The summed E-state index contributed by atoms with van der Waals surface area (Å²) in [6.45, 7) is 6.12. The van der Waals surface area contributed by atoms with Crippen molar-refractivity contribution in [1.82, 2.24) is 15.1 Å². The Hall–Kier alpha value is -3.93. The summed E-state index contributed by atoms with van der Waals surface area (Å²) in [6, 6.07) is 24.5. The number of aryl methyl sites for hydroxylation is 1. The number of benzene rings is 3. The van der Waals surface area contributed by atoms with Crippen molar-refractivity contribution >= 4 is 22.4 Å². The van der Waals surface area contributed by atoms with Crippen molar-refractivity contribution in [3.8, 4) is 5.69 Å². The summed E-state index contributed by atoms with van der Waals surface area (Å²) in [5.41, 5.74) is 2.93. The summed E-state index contributed by atoms with van der Waals surface area (Å²) >= 11 is 0. The standard InChI is InChI=1S/C26H26N4O2/c1-3-29(21-13-9-10-19(2)18-21)17-16-27-25(31)24-22-14-7-8-15-23(22)26(32)30(28-24)20-11-5-4-6-12-20/h4-15,18H,3,16-17H2,1-2H3,(H,27,31). The minimum Gasteiger partial charge on any atom is -0.370 e. The van der Waals surface area contributed by atoms with E-state index in [1.165, 1.54) is 10.2 Å². The zero-order valence-electron chi connectivity index (χ0n) is 18.3. The van der Waals surface area contributed by atoms with Gasteiger partial charge in [-0.15, -0.1) is 0 Å². The van der Waals surface area contributed by atoms with E-state index in [9.17, 15) is 9.59 Å². The molecule has 0 saturated carbocycles. The van der Waals surface area contributed by atoms with Crippen LogP contribution in [0.3, 0.4) is 0 Å². The Labute approximate surface area is 187 Å². The van der Waals surface area contributed by atoms with Crippen molar-refractivity contribution in [2.75, 3.05) is 24.5 Å². The first-order valence-electron chi connectivity index (χ1n) is 10.8. The zero-order chi connectivity index (χ0) is 22.5. The van der Waals surface area contributed by atoms with Crippen LogP contribution in [0.1, 0.15) is 23.0 Å². The number of fused-ring (bicyclic) bond motifs is 1. The van der Waals surface area contributed by atoms with Crippen LogP contribution in [0.5, 0.6) is 0 Å². The lowest BCUT2D eigenvalue weighted by atomic mass is 10.1. The van der Waals surface area contributed by atoms with E-state index in [4.69, 9.17) is 0 Å². The summed E-state index contributed by atoms with van der Waals surface area (Å²) < 4.78 is 1.29. The molecule has 6 heteroatoms. The third kappa shape index (κ3) is 4.39. The smallest absolute Gasteiger partial charge is 0.279 e. The van der Waals surface area contributed by atoms with Gasteiger partial charge in [0.05, 0.1) is 11.1 Å². The first-order chi connectivity index (χ1) is 15.6. The van der Waals surface area contributed by atoms with Crippen LogP contribution in [0.25, 0.3) is 16.5 Å². The van der Waals surface area contributed by atoms with Gasteiger partial charge in [-0.1, -0.05) is 48.5 Å². The monoisotopic (exact) mass is 426 g/mol. The third-order valence-corrected chi connectivity index (χ3v) is 5.44. The van der Waals surface area contributed by atoms with Crippen LogP contribution in [-0.4, -0.2) is 35.3 Å². The van der Waals surface area contributed by atoms with Crippen LogP contribution >= 0.6 is 0 Å². The molecule has 0 aliphatic carbocycles. The maximum atomic E-state index is 13.1. The van der Waals surface area contributed by atoms with Gasteiger partial charge in [0.15, 0.2) is 5.69 Å². The van der Waals surface area contributed by atoms with Gasteiger partial charge in [0.1, 0.15) is 0 Å². The van der Waals surface area contributed by atoms with E-state index in [1.807, 2.05) is 30.3 Å². The lowest BCUT2D eigenvalue weighted by Crippen LogP contribution is -2.36. The van der Waals surface area contributed by atoms with Crippen LogP contribution in [-0.2, 0) is 0 Å². The fourth-order valence-corrected chi connectivity index (χ4v) is 3.78. The van der Waals surface area contributed by atoms with Crippen LogP contribution in [0.15, 0.2) is 83.7 Å². The van der Waals surface area contributed by atoms with Gasteiger partial charge in [0.25, 0.3) is 11.5 Å². The topological polar surface area (TPSA) is 67.2 Å². The van der Waals surface area contributed by atoms with Crippen molar-refractivity contribution in [3.63, 3.8) is 0 Å². The molecule has 0 saturated heterocycles. The lowest BCUT2D eigenvalue weighted by molar-refractivity contribution is 0.0950. The molecule has 0 fully saturated rings. The number of anilines is 1. The quantitative estimate of drug-likeness (QED) is 0.486. The van der Waals surface area contributed by atoms with E-state index < -0.39 is 0 Å². The Balaban J connectivity index is 1.59. The predicted octanol–water partition coefficient (Wildman–Crippen LogP) is 3.95. The first kappa shape index (κ1) is 21.3. The van der Waals surface area contributed by atoms with Crippen molar-refractivity contribution in [2.24, 2.45) is 0 Å². The second-order valence-corrected chi connectivity index (χ2v) is 7.62. The SMILES string of the molecule is CCN(CCNC(=O)c1nn(-c2ccccc2)c(=O)c2ccccc12)c1cccc(C)c1. The molecule has 32 heavy (non-hydrogen) atoms. The highest BCUT2D eigenvalue weighted by molar-refractivity contribution is 6.04. The maximum Gasteiger partial charge on any atom is 0.279 e. The highest BCUT2D eigenvalue weighted by Crippen LogP contribution is 2.16. The zero-order valence-corrected chi connectivity index (χ0v) is 18.3. The molecule has 0 radical (unpaired) electrons. The molecule has 0 aliphatic rings. The van der Waals surface area contributed by atoms with E-state index in [0.717, 1.165) is 12.2 Å². The fraction of sp³-hybridized carbons (Fsp3) is 0.192. The Morgan fingerprint density at radius 2 is 1.69 bits per heavy atom. The predicted molar refractivity (Wildman–Crippen MR) is 129 cm³/mol. The molecular formula is C26H26N4O2. The largest absolute Gasteiger partial charge is 0.370 e. The number of aromatic nitrogens is 2. The normalized spacial score (nSPS) is 10.8. The number of carbonyl (C=O) groups excluding carboxylic acids is 1. The molecule has 1 N–H and O–H groups in total. The maximum absolute atomic E-state index is 13.1. The second-order valence-electron chi connectivity index (χ2n) is 7.62. The van der Waals surface area contributed by atoms with Gasteiger partial charge in [0, 0.05) is 30.7 Å². The first-order valence-corrected chi connectivity index (χ1v) is 10.8. The molecule has 1 amide bonds. The van der Waals surface area contributed by atoms with E-state index in [2.05, 4.69) is 47.4 Å². The van der Waals surface area contributed by atoms with Crippen molar-refractivity contribution in [1.29, 1.82) is 0 Å². The molecule has 0 atom stereocenters. The summed E-state index contributed by atoms with van der Waals surface area (Å²) in [7, 11) is 0. The third-order valence-electron chi connectivity index (χ3n) is 5.44. The average molecular weight is 427 g/mol. The van der Waals surface area contributed by atoms with Gasteiger partial charge in [0.2, 0.25) is 0 Å². The van der Waals surface area contributed by atoms with Crippen LogP contribution in [0.4, 0.5) is 5.69 Å². The van der Waals surface area contributed by atoms with E-state index in [-0.39, 0.29) is 17.2 Å². The number of nitrogens with zero attached hydrogens (tertiary/aromatic N) is 3. The number of likely N-dealkylation sites (N-methyl/N-ethyl adjacent to an activating group) is 1. The molecule has 4 aromatic rings. The van der Waals surface area contributed by atoms with Crippen LogP contribution in [0.2, 0.25) is 0 Å². The lowest BCUT2D eigenvalue weighted by Gasteiger charge is -2.23. The van der Waals surface area contributed by atoms with Gasteiger partial charge in [-0.05, 0) is 49.7 Å². The summed E-state index contributed by atoms with van der Waals surface area (Å²) in [5.74, 6) is -0.300. The van der Waals surface area contributed by atoms with Crippen LogP contribution in [0, 0.1) is 6.92 Å². The number of para-hydroxylation sites is 1. The molecule has 162 valence electrons. The summed E-state index contributed by atoms with van der Waals surface area (Å²) in [6.07, 6.45) is 0. The van der Waals surface area contributed by atoms with Gasteiger partial charge < -0.3 is 10.2 Å². The minimum atomic E-state index is -0.300. The van der Waals surface area contributed by atoms with E-state index >= 15 is 0 Å². The molecule has 3 aromatic carbocycles. The molecule has 1 aromatic heterocycles. The van der Waals surface area contributed by atoms with Gasteiger partial charge in [-0.2, -0.15) is 9.78 Å².